The van der Waals surface area contributed by atoms with Crippen LogP contribution in [0.5, 0.6) is 0 Å². The van der Waals surface area contributed by atoms with Crippen molar-refractivity contribution in [2.75, 3.05) is 13.1 Å². The first-order valence-electron chi connectivity index (χ1n) is 8.85. The lowest BCUT2D eigenvalue weighted by Gasteiger charge is -2.34. The summed E-state index contributed by atoms with van der Waals surface area (Å²) < 4.78 is 1.39. The van der Waals surface area contributed by atoms with Crippen LogP contribution in [0.4, 0.5) is 0 Å². The third kappa shape index (κ3) is 3.44. The molecule has 0 bridgehead atoms. The summed E-state index contributed by atoms with van der Waals surface area (Å²) in [6.07, 6.45) is 0.238. The van der Waals surface area contributed by atoms with Crippen LogP contribution in [0.15, 0.2) is 29.1 Å². The summed E-state index contributed by atoms with van der Waals surface area (Å²) in [4.78, 5) is 27.3. The Kier molecular flexibility index (Phi) is 4.90. The van der Waals surface area contributed by atoms with Gasteiger partial charge in [0, 0.05) is 25.0 Å². The zero-order valence-electron chi connectivity index (χ0n) is 15.0. The van der Waals surface area contributed by atoms with Crippen molar-refractivity contribution in [2.45, 2.75) is 39.8 Å². The van der Waals surface area contributed by atoms with E-state index in [-0.39, 0.29) is 29.0 Å². The number of rotatable bonds is 3. The highest BCUT2D eigenvalue weighted by Gasteiger charge is 2.30. The molecule has 1 aliphatic rings. The number of amides is 1. The fraction of sp³-hybridized carbons (Fsp3) is 0.526. The van der Waals surface area contributed by atoms with Crippen LogP contribution in [0.1, 0.15) is 37.7 Å². The molecule has 2 atom stereocenters. The predicted molar refractivity (Wildman–Crippen MR) is 96.5 cm³/mol. The molecular weight excluding hydrogens is 318 g/mol. The molecule has 0 saturated carbocycles. The van der Waals surface area contributed by atoms with Gasteiger partial charge in [-0.3, -0.25) is 9.59 Å². The van der Waals surface area contributed by atoms with Crippen molar-refractivity contribution in [3.8, 4) is 0 Å². The largest absolute Gasteiger partial charge is 0.391 e. The lowest BCUT2D eigenvalue weighted by molar-refractivity contribution is 0.0245. The second-order valence-corrected chi connectivity index (χ2v) is 7.36. The minimum Gasteiger partial charge on any atom is -0.391 e. The molecule has 25 heavy (non-hydrogen) atoms. The van der Waals surface area contributed by atoms with E-state index in [1.165, 1.54) is 4.68 Å². The van der Waals surface area contributed by atoms with Gasteiger partial charge in [-0.1, -0.05) is 39.0 Å². The van der Waals surface area contributed by atoms with Crippen LogP contribution in [-0.4, -0.2) is 44.9 Å². The number of aliphatic hydroxyl groups excluding tert-OH is 1. The zero-order chi connectivity index (χ0) is 18.1. The summed E-state index contributed by atoms with van der Waals surface area (Å²) in [6, 6.07) is 7.10. The third-order valence-corrected chi connectivity index (χ3v) is 4.81. The number of aliphatic hydroxyl groups is 1. The molecule has 1 aromatic carbocycles. The van der Waals surface area contributed by atoms with E-state index in [1.807, 2.05) is 20.8 Å². The van der Waals surface area contributed by atoms with Crippen molar-refractivity contribution in [3.05, 3.63) is 40.3 Å². The van der Waals surface area contributed by atoms with E-state index in [9.17, 15) is 14.7 Å². The quantitative estimate of drug-likeness (QED) is 0.923. The van der Waals surface area contributed by atoms with Crippen LogP contribution >= 0.6 is 0 Å². The number of carbonyl (C=O) groups is 1. The molecule has 1 aromatic heterocycles. The highest BCUT2D eigenvalue weighted by molar-refractivity contribution is 6.04. The van der Waals surface area contributed by atoms with Crippen LogP contribution in [-0.2, 0) is 6.54 Å². The van der Waals surface area contributed by atoms with E-state index >= 15 is 0 Å². The van der Waals surface area contributed by atoms with E-state index < -0.39 is 6.10 Å². The minimum absolute atomic E-state index is 0.173. The summed E-state index contributed by atoms with van der Waals surface area (Å²) in [5, 5.41) is 15.6. The maximum Gasteiger partial charge on any atom is 0.275 e. The Morgan fingerprint density at radius 2 is 2.00 bits per heavy atom. The van der Waals surface area contributed by atoms with Crippen LogP contribution in [0.3, 0.4) is 0 Å². The van der Waals surface area contributed by atoms with Crippen LogP contribution in [0, 0.1) is 11.8 Å². The van der Waals surface area contributed by atoms with Crippen molar-refractivity contribution >= 4 is 16.7 Å². The Morgan fingerprint density at radius 3 is 2.64 bits per heavy atom. The number of fused-ring (bicyclic) bond motifs is 1. The van der Waals surface area contributed by atoms with Crippen molar-refractivity contribution in [3.63, 3.8) is 0 Å². The Balaban J connectivity index is 2.07. The summed E-state index contributed by atoms with van der Waals surface area (Å²) in [5.74, 6) is 0.204. The van der Waals surface area contributed by atoms with Gasteiger partial charge in [0.25, 0.3) is 11.5 Å². The molecule has 6 heteroatoms. The fourth-order valence-electron chi connectivity index (χ4n) is 3.25. The van der Waals surface area contributed by atoms with E-state index in [2.05, 4.69) is 5.10 Å². The number of carbonyl (C=O) groups excluding carboxylic acids is 1. The topological polar surface area (TPSA) is 75.4 Å². The number of aromatic nitrogens is 2. The van der Waals surface area contributed by atoms with Crippen molar-refractivity contribution in [1.82, 2.24) is 14.7 Å². The average Bonchev–Trinajstić information content (AvgIpc) is 2.59. The Bertz CT molecular complexity index is 843. The standard InChI is InChI=1S/C19H25N3O3/c1-12(2)10-22-18(24)15-7-5-4-6-14(15)17(20-22)19(25)21-9-8-13(3)16(23)11-21/h4-7,12-13,16,23H,8-11H2,1-3H3. The number of hydrogen-bond donors (Lipinski definition) is 1. The summed E-state index contributed by atoms with van der Waals surface area (Å²) >= 11 is 0. The molecule has 1 amide bonds. The molecule has 0 radical (unpaired) electrons. The molecule has 1 aliphatic heterocycles. The average molecular weight is 343 g/mol. The van der Waals surface area contributed by atoms with Gasteiger partial charge in [-0.2, -0.15) is 5.10 Å². The van der Waals surface area contributed by atoms with Gasteiger partial charge in [0.05, 0.1) is 11.5 Å². The number of nitrogens with zero attached hydrogens (tertiary/aromatic N) is 3. The van der Waals surface area contributed by atoms with Gasteiger partial charge in [0.2, 0.25) is 0 Å². The Morgan fingerprint density at radius 1 is 1.32 bits per heavy atom. The maximum atomic E-state index is 13.1. The van der Waals surface area contributed by atoms with Crippen LogP contribution in [0.2, 0.25) is 0 Å². The zero-order valence-corrected chi connectivity index (χ0v) is 15.0. The van der Waals surface area contributed by atoms with Gasteiger partial charge >= 0.3 is 0 Å². The van der Waals surface area contributed by atoms with Gasteiger partial charge in [0.1, 0.15) is 0 Å². The fourth-order valence-corrected chi connectivity index (χ4v) is 3.25. The Hall–Kier alpha value is -2.21. The predicted octanol–water partition coefficient (Wildman–Crippen LogP) is 1.90. The van der Waals surface area contributed by atoms with E-state index in [0.717, 1.165) is 6.42 Å². The van der Waals surface area contributed by atoms with E-state index in [1.54, 1.807) is 29.2 Å². The van der Waals surface area contributed by atoms with Gasteiger partial charge in [-0.25, -0.2) is 4.68 Å². The van der Waals surface area contributed by atoms with Crippen molar-refractivity contribution in [2.24, 2.45) is 11.8 Å². The highest BCUT2D eigenvalue weighted by Crippen LogP contribution is 2.21. The molecule has 134 valence electrons. The van der Waals surface area contributed by atoms with Crippen molar-refractivity contribution in [1.29, 1.82) is 0 Å². The Labute approximate surface area is 147 Å². The van der Waals surface area contributed by atoms with E-state index in [0.29, 0.717) is 30.4 Å². The number of β-amino-alcohol motifs (C(OH)–C–C–N with tert-alkyl or cyclic N) is 1. The molecule has 3 rings (SSSR count). The number of hydrogen-bond acceptors (Lipinski definition) is 4. The molecule has 6 nitrogen and oxygen atoms in total. The normalized spacial score (nSPS) is 21.1. The molecule has 2 aromatic rings. The first-order valence-corrected chi connectivity index (χ1v) is 8.85. The third-order valence-electron chi connectivity index (χ3n) is 4.81. The van der Waals surface area contributed by atoms with Crippen molar-refractivity contribution < 1.29 is 9.90 Å². The molecule has 2 heterocycles. The monoisotopic (exact) mass is 343 g/mol. The lowest BCUT2D eigenvalue weighted by atomic mass is 9.95. The van der Waals surface area contributed by atoms with E-state index in [4.69, 9.17) is 0 Å². The first kappa shape index (κ1) is 17.6. The minimum atomic E-state index is -0.523. The van der Waals surface area contributed by atoms with Gasteiger partial charge in [-0.05, 0) is 24.3 Å². The maximum absolute atomic E-state index is 13.1. The molecule has 1 N–H and O–H groups in total. The second-order valence-electron chi connectivity index (χ2n) is 7.36. The number of piperidine rings is 1. The summed E-state index contributed by atoms with van der Waals surface area (Å²) in [5.41, 5.74) is 0.116. The lowest BCUT2D eigenvalue weighted by Crippen LogP contribution is -2.46. The summed E-state index contributed by atoms with van der Waals surface area (Å²) in [6.45, 7) is 7.36. The van der Waals surface area contributed by atoms with Gasteiger partial charge < -0.3 is 10.0 Å². The van der Waals surface area contributed by atoms with Gasteiger partial charge in [-0.15, -0.1) is 0 Å². The number of likely N-dealkylation sites (tertiary alicyclic amines) is 1. The SMILES string of the molecule is CC(C)Cn1nc(C(=O)N2CCC(C)C(O)C2)c2ccccc2c1=O. The number of benzene rings is 1. The molecule has 1 saturated heterocycles. The second kappa shape index (κ2) is 6.96. The molecular formula is C19H25N3O3. The molecule has 0 aliphatic carbocycles. The molecule has 2 unspecified atom stereocenters. The van der Waals surface area contributed by atoms with Gasteiger partial charge in [0.15, 0.2) is 5.69 Å². The highest BCUT2D eigenvalue weighted by atomic mass is 16.3. The van der Waals surface area contributed by atoms with Crippen LogP contribution < -0.4 is 5.56 Å². The first-order chi connectivity index (χ1) is 11.9. The molecule has 1 fully saturated rings. The molecule has 0 spiro atoms. The van der Waals surface area contributed by atoms with Crippen LogP contribution in [0.25, 0.3) is 10.8 Å². The summed E-state index contributed by atoms with van der Waals surface area (Å²) in [7, 11) is 0. The smallest absolute Gasteiger partial charge is 0.275 e.